The molecular formula is C30H28N4O3S. The van der Waals surface area contributed by atoms with Gasteiger partial charge >= 0.3 is 0 Å². The summed E-state index contributed by atoms with van der Waals surface area (Å²) in [5, 5.41) is 13.5. The maximum absolute atomic E-state index is 13.8. The van der Waals surface area contributed by atoms with E-state index in [1.165, 1.54) is 0 Å². The molecule has 0 spiro atoms. The summed E-state index contributed by atoms with van der Waals surface area (Å²) in [5.74, 6) is -1.33. The van der Waals surface area contributed by atoms with Crippen LogP contribution in [0.5, 0.6) is 0 Å². The van der Waals surface area contributed by atoms with Crippen molar-refractivity contribution in [3.05, 3.63) is 138 Å². The second-order valence-corrected chi connectivity index (χ2v) is 9.16. The number of hydrogen-bond acceptors (Lipinski definition) is 5. The second-order valence-electron chi connectivity index (χ2n) is 8.56. The third-order valence-electron chi connectivity index (χ3n) is 5.96. The van der Waals surface area contributed by atoms with Crippen LogP contribution in [-0.2, 0) is 16.1 Å². The van der Waals surface area contributed by atoms with E-state index >= 15 is 0 Å². The Bertz CT molecular complexity index is 1330. The number of carbonyl (C=O) groups is 3. The predicted molar refractivity (Wildman–Crippen MR) is 151 cm³/mol. The van der Waals surface area contributed by atoms with Crippen LogP contribution in [0.3, 0.4) is 0 Å². The minimum Gasteiger partial charge on any atom is -0.350 e. The van der Waals surface area contributed by atoms with Gasteiger partial charge in [0.05, 0.1) is 5.92 Å². The van der Waals surface area contributed by atoms with Crippen molar-refractivity contribution in [1.29, 1.82) is 0 Å². The minimum atomic E-state index is -1.01. The van der Waals surface area contributed by atoms with Crippen LogP contribution in [0.2, 0.25) is 0 Å². The van der Waals surface area contributed by atoms with Gasteiger partial charge < -0.3 is 16.0 Å². The predicted octanol–water partition coefficient (Wildman–Crippen LogP) is 5.13. The normalized spacial score (nSPS) is 11.4. The number of nitrogens with one attached hydrogen (secondary N) is 3. The van der Waals surface area contributed by atoms with Crippen molar-refractivity contribution in [2.24, 2.45) is 5.14 Å². The number of amides is 3. The average Bonchev–Trinajstić information content (AvgIpc) is 2.96. The van der Waals surface area contributed by atoms with Gasteiger partial charge in [0.15, 0.2) is 0 Å². The van der Waals surface area contributed by atoms with Crippen molar-refractivity contribution in [2.75, 3.05) is 5.32 Å². The summed E-state index contributed by atoms with van der Waals surface area (Å²) in [7, 11) is 0. The van der Waals surface area contributed by atoms with Gasteiger partial charge in [-0.05, 0) is 34.4 Å². The minimum absolute atomic E-state index is 0.299. The molecule has 1 unspecified atom stereocenters. The van der Waals surface area contributed by atoms with Crippen LogP contribution in [0.25, 0.3) is 0 Å². The standard InChI is InChI=1S/C30H28N4O3S/c31-38-30(37)33-25-18-10-17-24(19-25)27(29(36)32-20-21-11-4-1-5-12-21)34-28(35)26(22-13-6-2-7-14-22)23-15-8-3-9-16-23/h1-19,26-27H,20,31H2,(H,32,36)(H,33,37)(H,34,35). The lowest BCUT2D eigenvalue weighted by Gasteiger charge is -2.24. The van der Waals surface area contributed by atoms with Crippen LogP contribution in [-0.4, -0.2) is 17.1 Å². The zero-order valence-electron chi connectivity index (χ0n) is 20.5. The molecule has 4 aromatic carbocycles. The molecule has 0 saturated heterocycles. The van der Waals surface area contributed by atoms with Gasteiger partial charge in [0.2, 0.25) is 11.8 Å². The van der Waals surface area contributed by atoms with Gasteiger partial charge in [0.25, 0.3) is 5.24 Å². The van der Waals surface area contributed by atoms with E-state index in [1.807, 2.05) is 91.0 Å². The molecule has 0 radical (unpaired) electrons. The van der Waals surface area contributed by atoms with E-state index in [-0.39, 0.29) is 11.8 Å². The Morgan fingerprint density at radius 1 is 0.684 bits per heavy atom. The highest BCUT2D eigenvalue weighted by Gasteiger charge is 2.29. The number of hydrogen-bond donors (Lipinski definition) is 4. The summed E-state index contributed by atoms with van der Waals surface area (Å²) in [4.78, 5) is 39.1. The van der Waals surface area contributed by atoms with Gasteiger partial charge in [0.1, 0.15) is 6.04 Å². The molecule has 1 atom stereocenters. The molecular weight excluding hydrogens is 496 g/mol. The highest BCUT2D eigenvalue weighted by atomic mass is 32.2. The van der Waals surface area contributed by atoms with Crippen LogP contribution >= 0.6 is 11.9 Å². The van der Waals surface area contributed by atoms with Crippen molar-refractivity contribution < 1.29 is 14.4 Å². The summed E-state index contributed by atoms with van der Waals surface area (Å²) >= 11 is 0.557. The molecule has 0 aliphatic carbocycles. The largest absolute Gasteiger partial charge is 0.350 e. The Kier molecular flexibility index (Phi) is 9.28. The maximum atomic E-state index is 13.8. The van der Waals surface area contributed by atoms with E-state index in [1.54, 1.807) is 24.3 Å². The molecule has 4 rings (SSSR count). The summed E-state index contributed by atoms with van der Waals surface area (Å²) in [6, 6.07) is 34.2. The van der Waals surface area contributed by atoms with E-state index in [0.29, 0.717) is 29.7 Å². The first-order valence-corrected chi connectivity index (χ1v) is 12.9. The van der Waals surface area contributed by atoms with Crippen LogP contribution in [0, 0.1) is 0 Å². The van der Waals surface area contributed by atoms with Crippen LogP contribution < -0.4 is 21.1 Å². The summed E-state index contributed by atoms with van der Waals surface area (Å²) in [6.45, 7) is 0.299. The van der Waals surface area contributed by atoms with E-state index in [0.717, 1.165) is 16.7 Å². The summed E-state index contributed by atoms with van der Waals surface area (Å²) in [6.07, 6.45) is 0. The Hall–Kier alpha value is -4.40. The Morgan fingerprint density at radius 3 is 1.82 bits per heavy atom. The lowest BCUT2D eigenvalue weighted by molar-refractivity contribution is -0.129. The first-order chi connectivity index (χ1) is 18.5. The lowest BCUT2D eigenvalue weighted by Crippen LogP contribution is -2.42. The molecule has 0 fully saturated rings. The van der Waals surface area contributed by atoms with Crippen molar-refractivity contribution in [2.45, 2.75) is 18.5 Å². The summed E-state index contributed by atoms with van der Waals surface area (Å²) in [5.41, 5.74) is 3.52. The molecule has 0 aliphatic rings. The number of carbonyl (C=O) groups excluding carboxylic acids is 3. The van der Waals surface area contributed by atoms with E-state index in [4.69, 9.17) is 5.14 Å². The molecule has 7 nitrogen and oxygen atoms in total. The number of benzene rings is 4. The zero-order chi connectivity index (χ0) is 26.7. The molecule has 8 heteroatoms. The van der Waals surface area contributed by atoms with Gasteiger partial charge in [-0.2, -0.15) is 0 Å². The van der Waals surface area contributed by atoms with Crippen molar-refractivity contribution in [3.8, 4) is 0 Å². The van der Waals surface area contributed by atoms with E-state index in [9.17, 15) is 14.4 Å². The first kappa shape index (κ1) is 26.7. The van der Waals surface area contributed by atoms with E-state index < -0.39 is 17.2 Å². The fraction of sp³-hybridized carbons (Fsp3) is 0.100. The van der Waals surface area contributed by atoms with Gasteiger partial charge in [-0.3, -0.25) is 19.5 Å². The van der Waals surface area contributed by atoms with Crippen LogP contribution in [0.4, 0.5) is 10.5 Å². The monoisotopic (exact) mass is 524 g/mol. The quantitative estimate of drug-likeness (QED) is 0.227. The van der Waals surface area contributed by atoms with Crippen molar-refractivity contribution >= 4 is 34.7 Å². The number of nitrogens with two attached hydrogens (primary N) is 1. The SMILES string of the molecule is NSC(=O)Nc1cccc(C(NC(=O)C(c2ccccc2)c2ccccc2)C(=O)NCc2ccccc2)c1. The Labute approximate surface area is 226 Å². The fourth-order valence-corrected chi connectivity index (χ4v) is 4.32. The van der Waals surface area contributed by atoms with E-state index in [2.05, 4.69) is 16.0 Å². The topological polar surface area (TPSA) is 113 Å². The molecule has 0 bridgehead atoms. The zero-order valence-corrected chi connectivity index (χ0v) is 21.4. The van der Waals surface area contributed by atoms with Gasteiger partial charge in [-0.1, -0.05) is 103 Å². The van der Waals surface area contributed by atoms with Gasteiger partial charge in [-0.15, -0.1) is 0 Å². The highest BCUT2D eigenvalue weighted by Crippen LogP contribution is 2.27. The molecule has 192 valence electrons. The molecule has 38 heavy (non-hydrogen) atoms. The average molecular weight is 525 g/mol. The third kappa shape index (κ3) is 7.09. The molecule has 0 aromatic heterocycles. The number of rotatable bonds is 9. The highest BCUT2D eigenvalue weighted by molar-refractivity contribution is 8.11. The molecule has 0 saturated carbocycles. The van der Waals surface area contributed by atoms with Crippen molar-refractivity contribution in [3.63, 3.8) is 0 Å². The third-order valence-corrected chi connectivity index (χ3v) is 6.28. The number of anilines is 1. The first-order valence-electron chi connectivity index (χ1n) is 12.0. The smallest absolute Gasteiger partial charge is 0.298 e. The fourth-order valence-electron chi connectivity index (χ4n) is 4.14. The molecule has 4 aromatic rings. The van der Waals surface area contributed by atoms with Crippen LogP contribution in [0.1, 0.15) is 34.2 Å². The second kappa shape index (κ2) is 13.2. The summed E-state index contributed by atoms with van der Waals surface area (Å²) < 4.78 is 0. The molecule has 3 amide bonds. The Morgan fingerprint density at radius 2 is 1.24 bits per heavy atom. The molecule has 5 N–H and O–H groups in total. The van der Waals surface area contributed by atoms with Gasteiger partial charge in [0, 0.05) is 24.2 Å². The maximum Gasteiger partial charge on any atom is 0.298 e. The molecule has 0 aliphatic heterocycles. The van der Waals surface area contributed by atoms with Gasteiger partial charge in [-0.25, -0.2) is 0 Å². The lowest BCUT2D eigenvalue weighted by atomic mass is 9.90. The van der Waals surface area contributed by atoms with Crippen molar-refractivity contribution in [1.82, 2.24) is 10.6 Å². The Balaban J connectivity index is 1.65. The van der Waals surface area contributed by atoms with Crippen LogP contribution in [0.15, 0.2) is 115 Å². The molecule has 0 heterocycles.